The van der Waals surface area contributed by atoms with Crippen LogP contribution in [0.2, 0.25) is 5.02 Å². The fraction of sp³-hybridized carbons (Fsp3) is 0.417. The molecule has 1 aromatic rings. The first-order chi connectivity index (χ1) is 8.36. The second-order valence-electron chi connectivity index (χ2n) is 4.18. The second kappa shape index (κ2) is 6.41. The molecule has 4 nitrogen and oxygen atoms in total. The Morgan fingerprint density at radius 1 is 1.61 bits per heavy atom. The van der Waals surface area contributed by atoms with Gasteiger partial charge >= 0.3 is 0 Å². The van der Waals surface area contributed by atoms with Crippen LogP contribution in [0.15, 0.2) is 16.6 Å². The molecule has 0 aliphatic heterocycles. The molecule has 1 rings (SSSR count). The maximum atomic E-state index is 11.9. The highest BCUT2D eigenvalue weighted by atomic mass is 79.9. The summed E-state index contributed by atoms with van der Waals surface area (Å²) in [5.41, 5.74) is 6.06. The van der Waals surface area contributed by atoms with Gasteiger partial charge in [-0.3, -0.25) is 4.79 Å². The van der Waals surface area contributed by atoms with Gasteiger partial charge in [-0.2, -0.15) is 0 Å². The number of halogens is 2. The molecule has 4 N–H and O–H groups in total. The number of hydrogen-bond acceptors (Lipinski definition) is 3. The van der Waals surface area contributed by atoms with Gasteiger partial charge in [-0.15, -0.1) is 0 Å². The van der Waals surface area contributed by atoms with Gasteiger partial charge in [0.05, 0.1) is 16.2 Å². The summed E-state index contributed by atoms with van der Waals surface area (Å²) in [5, 5.41) is 12.8. The van der Waals surface area contributed by atoms with Gasteiger partial charge in [0, 0.05) is 5.02 Å². The van der Waals surface area contributed by atoms with E-state index in [1.165, 1.54) is 6.07 Å². The minimum atomic E-state index is -0.618. The SMILES string of the molecule is CCC(C)C(N)C(=O)Nc1cc(Cl)cc(Br)c1O. The van der Waals surface area contributed by atoms with Crippen LogP contribution in [-0.4, -0.2) is 17.1 Å². The van der Waals surface area contributed by atoms with Gasteiger partial charge < -0.3 is 16.2 Å². The average Bonchev–Trinajstić information content (AvgIpc) is 2.33. The van der Waals surface area contributed by atoms with E-state index in [-0.39, 0.29) is 23.3 Å². The zero-order valence-corrected chi connectivity index (χ0v) is 12.5. The standard InChI is InChI=1S/C12H16BrClN2O2/c1-3-6(2)10(15)12(18)16-9-5-7(14)4-8(13)11(9)17/h4-6,10,17H,3,15H2,1-2H3,(H,16,18). The van der Waals surface area contributed by atoms with E-state index in [9.17, 15) is 9.90 Å². The van der Waals surface area contributed by atoms with Crippen molar-refractivity contribution in [3.05, 3.63) is 21.6 Å². The van der Waals surface area contributed by atoms with E-state index in [0.717, 1.165) is 6.42 Å². The van der Waals surface area contributed by atoms with Crippen LogP contribution in [0.5, 0.6) is 5.75 Å². The molecule has 1 amide bonds. The summed E-state index contributed by atoms with van der Waals surface area (Å²) < 4.78 is 0.419. The van der Waals surface area contributed by atoms with E-state index in [1.54, 1.807) is 6.07 Å². The molecule has 0 saturated carbocycles. The van der Waals surface area contributed by atoms with Crippen LogP contribution in [0.25, 0.3) is 0 Å². The summed E-state index contributed by atoms with van der Waals surface area (Å²) in [4.78, 5) is 11.9. The molecule has 2 atom stereocenters. The Morgan fingerprint density at radius 3 is 2.78 bits per heavy atom. The lowest BCUT2D eigenvalue weighted by molar-refractivity contribution is -0.118. The van der Waals surface area contributed by atoms with Crippen LogP contribution in [0.1, 0.15) is 20.3 Å². The fourth-order valence-corrected chi connectivity index (χ4v) is 2.20. The molecular formula is C12H16BrClN2O2. The van der Waals surface area contributed by atoms with Crippen molar-refractivity contribution in [3.63, 3.8) is 0 Å². The van der Waals surface area contributed by atoms with Crippen LogP contribution in [0.4, 0.5) is 5.69 Å². The van der Waals surface area contributed by atoms with Crippen LogP contribution in [0.3, 0.4) is 0 Å². The van der Waals surface area contributed by atoms with Gasteiger partial charge in [-0.1, -0.05) is 31.9 Å². The number of aromatic hydroxyl groups is 1. The first kappa shape index (κ1) is 15.3. The second-order valence-corrected chi connectivity index (χ2v) is 5.48. The number of phenols is 1. The summed E-state index contributed by atoms with van der Waals surface area (Å²) in [7, 11) is 0. The van der Waals surface area contributed by atoms with Gasteiger partial charge in [-0.25, -0.2) is 0 Å². The molecule has 0 radical (unpaired) electrons. The van der Waals surface area contributed by atoms with Crippen molar-refractivity contribution >= 4 is 39.1 Å². The number of carbonyl (C=O) groups excluding carboxylic acids is 1. The average molecular weight is 336 g/mol. The van der Waals surface area contributed by atoms with Crippen LogP contribution < -0.4 is 11.1 Å². The van der Waals surface area contributed by atoms with Crippen molar-refractivity contribution in [2.24, 2.45) is 11.7 Å². The molecular weight excluding hydrogens is 320 g/mol. The number of nitrogens with one attached hydrogen (secondary N) is 1. The lowest BCUT2D eigenvalue weighted by Gasteiger charge is -2.18. The van der Waals surface area contributed by atoms with Gasteiger partial charge in [-0.05, 0) is 34.0 Å². The molecule has 0 aromatic heterocycles. The Bertz CT molecular complexity index is 454. The first-order valence-electron chi connectivity index (χ1n) is 5.61. The number of phenolic OH excluding ortho intramolecular Hbond substituents is 1. The molecule has 0 heterocycles. The number of amides is 1. The number of benzene rings is 1. The first-order valence-corrected chi connectivity index (χ1v) is 6.78. The monoisotopic (exact) mass is 334 g/mol. The van der Waals surface area contributed by atoms with Crippen molar-refractivity contribution in [3.8, 4) is 5.75 Å². The van der Waals surface area contributed by atoms with Crippen LogP contribution in [0, 0.1) is 5.92 Å². The van der Waals surface area contributed by atoms with Crippen molar-refractivity contribution in [2.45, 2.75) is 26.3 Å². The highest BCUT2D eigenvalue weighted by molar-refractivity contribution is 9.10. The van der Waals surface area contributed by atoms with E-state index >= 15 is 0 Å². The topological polar surface area (TPSA) is 75.4 Å². The molecule has 0 spiro atoms. The van der Waals surface area contributed by atoms with Crippen molar-refractivity contribution < 1.29 is 9.90 Å². The van der Waals surface area contributed by atoms with E-state index in [1.807, 2.05) is 13.8 Å². The Hall–Kier alpha value is -0.780. The number of carbonyl (C=O) groups is 1. The van der Waals surface area contributed by atoms with E-state index < -0.39 is 6.04 Å². The molecule has 0 aliphatic carbocycles. The molecule has 0 aliphatic rings. The van der Waals surface area contributed by atoms with Gasteiger partial charge in [0.25, 0.3) is 0 Å². The molecule has 100 valence electrons. The third-order valence-electron chi connectivity index (χ3n) is 2.85. The van der Waals surface area contributed by atoms with Crippen LogP contribution >= 0.6 is 27.5 Å². The Morgan fingerprint density at radius 2 is 2.22 bits per heavy atom. The van der Waals surface area contributed by atoms with Crippen LogP contribution in [-0.2, 0) is 4.79 Å². The summed E-state index contributed by atoms with van der Waals surface area (Å²) in [5.74, 6) is -0.340. The third kappa shape index (κ3) is 3.60. The van der Waals surface area contributed by atoms with Gasteiger partial charge in [0.1, 0.15) is 0 Å². The maximum Gasteiger partial charge on any atom is 0.241 e. The molecule has 0 fully saturated rings. The minimum Gasteiger partial charge on any atom is -0.505 e. The largest absolute Gasteiger partial charge is 0.505 e. The smallest absolute Gasteiger partial charge is 0.241 e. The Balaban J connectivity index is 2.88. The third-order valence-corrected chi connectivity index (χ3v) is 3.67. The van der Waals surface area contributed by atoms with Crippen molar-refractivity contribution in [1.82, 2.24) is 0 Å². The Labute approximate surface area is 120 Å². The lowest BCUT2D eigenvalue weighted by Crippen LogP contribution is -2.40. The number of rotatable bonds is 4. The zero-order valence-electron chi connectivity index (χ0n) is 10.2. The molecule has 0 bridgehead atoms. The highest BCUT2D eigenvalue weighted by Gasteiger charge is 2.21. The van der Waals surface area contributed by atoms with Gasteiger partial charge in [0.15, 0.2) is 5.75 Å². The number of anilines is 1. The number of hydrogen-bond donors (Lipinski definition) is 3. The van der Waals surface area contributed by atoms with Gasteiger partial charge in [0.2, 0.25) is 5.91 Å². The number of nitrogens with two attached hydrogens (primary N) is 1. The predicted molar refractivity (Wildman–Crippen MR) is 76.9 cm³/mol. The summed E-state index contributed by atoms with van der Waals surface area (Å²) >= 11 is 9.00. The Kier molecular flexibility index (Phi) is 5.44. The molecule has 0 saturated heterocycles. The van der Waals surface area contributed by atoms with Crippen molar-refractivity contribution in [2.75, 3.05) is 5.32 Å². The highest BCUT2D eigenvalue weighted by Crippen LogP contribution is 2.35. The predicted octanol–water partition coefficient (Wildman–Crippen LogP) is 3.12. The molecule has 1 aromatic carbocycles. The quantitative estimate of drug-likeness (QED) is 0.740. The van der Waals surface area contributed by atoms with E-state index in [4.69, 9.17) is 17.3 Å². The maximum absolute atomic E-state index is 11.9. The summed E-state index contributed by atoms with van der Waals surface area (Å²) in [6.07, 6.45) is 0.805. The molecule has 6 heteroatoms. The molecule has 18 heavy (non-hydrogen) atoms. The lowest BCUT2D eigenvalue weighted by atomic mass is 9.99. The fourth-order valence-electron chi connectivity index (χ4n) is 1.39. The summed E-state index contributed by atoms with van der Waals surface area (Å²) in [6, 6.07) is 2.40. The minimum absolute atomic E-state index is 0.0646. The zero-order chi connectivity index (χ0) is 13.9. The summed E-state index contributed by atoms with van der Waals surface area (Å²) in [6.45, 7) is 3.86. The van der Waals surface area contributed by atoms with E-state index in [2.05, 4.69) is 21.2 Å². The van der Waals surface area contributed by atoms with E-state index in [0.29, 0.717) is 9.50 Å². The normalized spacial score (nSPS) is 14.1. The molecule has 2 unspecified atom stereocenters. The van der Waals surface area contributed by atoms with Crippen molar-refractivity contribution in [1.29, 1.82) is 0 Å².